The minimum Gasteiger partial charge on any atom is -0.465 e. The average molecular weight is 567 g/mol. The Labute approximate surface area is 212 Å². The molecule has 180 valence electrons. The van der Waals surface area contributed by atoms with Gasteiger partial charge in [-0.25, -0.2) is 19.7 Å². The predicted molar refractivity (Wildman–Crippen MR) is 134 cm³/mol. The third-order valence-corrected chi connectivity index (χ3v) is 8.98. The van der Waals surface area contributed by atoms with Crippen LogP contribution in [0, 0.1) is 5.92 Å². The molecule has 34 heavy (non-hydrogen) atoms. The number of rotatable bonds is 7. The average Bonchev–Trinajstić information content (AvgIpc) is 3.42. The Hall–Kier alpha value is -2.38. The Balaban J connectivity index is 1.46. The molecular weight excluding hydrogens is 544 g/mol. The van der Waals surface area contributed by atoms with Gasteiger partial charge in [0.25, 0.3) is 0 Å². The molecule has 0 spiro atoms. The van der Waals surface area contributed by atoms with Crippen LogP contribution in [0.15, 0.2) is 33.0 Å². The highest BCUT2D eigenvalue weighted by molar-refractivity contribution is 9.10. The lowest BCUT2D eigenvalue weighted by Gasteiger charge is -2.30. The third kappa shape index (κ3) is 4.86. The summed E-state index contributed by atoms with van der Waals surface area (Å²) in [5.74, 6) is 4.09. The maximum absolute atomic E-state index is 11.5. The first-order valence-electron chi connectivity index (χ1n) is 10.8. The summed E-state index contributed by atoms with van der Waals surface area (Å²) in [6.07, 6.45) is 3.05. The van der Waals surface area contributed by atoms with Gasteiger partial charge in [-0.05, 0) is 64.7 Å². The smallest absolute Gasteiger partial charge is 0.404 e. The number of amides is 1. The van der Waals surface area contributed by atoms with Crippen molar-refractivity contribution in [3.05, 3.63) is 22.9 Å². The first-order valence-corrected chi connectivity index (χ1v) is 13.6. The molecule has 1 atom stereocenters. The summed E-state index contributed by atoms with van der Waals surface area (Å²) >= 11 is 6.98. The Kier molecular flexibility index (Phi) is 6.93. The Bertz CT molecular complexity index is 1220. The van der Waals surface area contributed by atoms with Crippen molar-refractivity contribution < 1.29 is 19.4 Å². The number of aromatic nitrogens is 4. The van der Waals surface area contributed by atoms with Crippen LogP contribution in [0.25, 0.3) is 11.2 Å². The number of nitrogens with two attached hydrogens (primary N) is 1. The number of hydrogen-bond donors (Lipinski definition) is 3. The van der Waals surface area contributed by atoms with Gasteiger partial charge in [-0.1, -0.05) is 11.8 Å². The van der Waals surface area contributed by atoms with E-state index in [1.807, 2.05) is 28.5 Å². The highest BCUT2D eigenvalue weighted by Gasteiger charge is 2.27. The minimum atomic E-state index is -0.996. The summed E-state index contributed by atoms with van der Waals surface area (Å²) in [7, 11) is 0. The molecule has 4 heterocycles. The van der Waals surface area contributed by atoms with E-state index in [4.69, 9.17) is 20.2 Å². The maximum Gasteiger partial charge on any atom is 0.404 e. The van der Waals surface area contributed by atoms with Gasteiger partial charge in [-0.3, -0.25) is 0 Å². The quantitative estimate of drug-likeness (QED) is 0.381. The number of hydrogen-bond acceptors (Lipinski definition) is 9. The van der Waals surface area contributed by atoms with Crippen molar-refractivity contribution in [2.75, 3.05) is 24.0 Å². The number of benzene rings is 1. The molecule has 1 amide bonds. The molecule has 5 rings (SSSR count). The lowest BCUT2D eigenvalue weighted by atomic mass is 9.91. The van der Waals surface area contributed by atoms with Crippen LogP contribution in [0.4, 0.5) is 10.6 Å². The topological polar surface area (TPSA) is 137 Å². The van der Waals surface area contributed by atoms with Crippen molar-refractivity contribution in [1.82, 2.24) is 24.8 Å². The van der Waals surface area contributed by atoms with Gasteiger partial charge in [-0.2, -0.15) is 11.8 Å². The van der Waals surface area contributed by atoms with Gasteiger partial charge < -0.3 is 30.2 Å². The number of nitrogens with one attached hydrogen (secondary N) is 1. The number of fused-ring (bicyclic) bond motifs is 2. The SMILES string of the molecule is Nc1ncnc2c1nc(Sc1cc3c(cc1Br)OCO3)n2CCC(NC(=O)O)C1CCSCC1. The molecule has 2 aliphatic rings. The third-order valence-electron chi connectivity index (χ3n) is 5.96. The molecule has 1 fully saturated rings. The summed E-state index contributed by atoms with van der Waals surface area (Å²) < 4.78 is 13.8. The van der Waals surface area contributed by atoms with Crippen LogP contribution in [0.2, 0.25) is 0 Å². The minimum absolute atomic E-state index is 0.148. The molecule has 0 radical (unpaired) electrons. The van der Waals surface area contributed by atoms with E-state index in [9.17, 15) is 9.90 Å². The van der Waals surface area contributed by atoms with Gasteiger partial charge >= 0.3 is 6.09 Å². The summed E-state index contributed by atoms with van der Waals surface area (Å²) in [6.45, 7) is 0.726. The van der Waals surface area contributed by atoms with Gasteiger partial charge in [0, 0.05) is 22.0 Å². The molecule has 1 aromatic carbocycles. The Morgan fingerprint density at radius 2 is 2.09 bits per heavy atom. The van der Waals surface area contributed by atoms with Crippen LogP contribution in [0.3, 0.4) is 0 Å². The fourth-order valence-corrected chi connectivity index (χ4v) is 6.91. The summed E-state index contributed by atoms with van der Waals surface area (Å²) in [4.78, 5) is 25.7. The molecule has 10 nitrogen and oxygen atoms in total. The molecule has 1 saturated heterocycles. The van der Waals surface area contributed by atoms with Crippen LogP contribution < -0.4 is 20.5 Å². The zero-order valence-electron chi connectivity index (χ0n) is 18.1. The Morgan fingerprint density at radius 1 is 1.32 bits per heavy atom. The monoisotopic (exact) mass is 566 g/mol. The molecule has 2 aliphatic heterocycles. The molecule has 2 aromatic heterocycles. The normalized spacial score (nSPS) is 16.6. The number of aryl methyl sites for hydroxylation is 1. The molecule has 0 saturated carbocycles. The van der Waals surface area contributed by atoms with Crippen molar-refractivity contribution in [1.29, 1.82) is 0 Å². The second kappa shape index (κ2) is 10.1. The second-order valence-electron chi connectivity index (χ2n) is 8.01. The second-order valence-corrected chi connectivity index (χ2v) is 11.1. The highest BCUT2D eigenvalue weighted by Crippen LogP contribution is 2.43. The van der Waals surface area contributed by atoms with Gasteiger partial charge in [0.15, 0.2) is 33.6 Å². The van der Waals surface area contributed by atoms with E-state index >= 15 is 0 Å². The lowest BCUT2D eigenvalue weighted by Crippen LogP contribution is -2.41. The first kappa shape index (κ1) is 23.4. The maximum atomic E-state index is 11.5. The number of anilines is 1. The first-order chi connectivity index (χ1) is 16.5. The fourth-order valence-electron chi connectivity index (χ4n) is 4.26. The standard InChI is InChI=1S/C21H23BrN6O4S2/c22-12-7-14-15(32-10-31-14)8-16(12)34-20-27-17-18(23)24-9-25-19(17)28(20)4-1-13(26-21(29)30)11-2-5-33-6-3-11/h7-9,11,13,26H,1-6,10H2,(H,29,30)(H2,23,24,25). The van der Waals surface area contributed by atoms with E-state index in [1.54, 1.807) is 0 Å². The van der Waals surface area contributed by atoms with Crippen molar-refractivity contribution in [3.8, 4) is 11.5 Å². The van der Waals surface area contributed by atoms with Crippen LogP contribution in [-0.4, -0.2) is 55.1 Å². The molecule has 3 aromatic rings. The number of nitrogen functional groups attached to an aromatic ring is 1. The number of thioether (sulfide) groups is 1. The fraction of sp³-hybridized carbons (Fsp3) is 0.429. The van der Waals surface area contributed by atoms with Crippen LogP contribution in [-0.2, 0) is 6.54 Å². The molecule has 13 heteroatoms. The number of imidazole rings is 1. The van der Waals surface area contributed by atoms with E-state index in [2.05, 4.69) is 31.2 Å². The van der Waals surface area contributed by atoms with Crippen LogP contribution in [0.1, 0.15) is 19.3 Å². The molecule has 4 N–H and O–H groups in total. The van der Waals surface area contributed by atoms with Crippen LogP contribution >= 0.6 is 39.5 Å². The molecule has 1 unspecified atom stereocenters. The van der Waals surface area contributed by atoms with Gasteiger partial charge in [0.1, 0.15) is 6.33 Å². The predicted octanol–water partition coefficient (Wildman–Crippen LogP) is 4.22. The zero-order chi connectivity index (χ0) is 23.7. The van der Waals surface area contributed by atoms with E-state index < -0.39 is 6.09 Å². The largest absolute Gasteiger partial charge is 0.465 e. The number of nitrogens with zero attached hydrogens (tertiary/aromatic N) is 4. The van der Waals surface area contributed by atoms with E-state index in [1.165, 1.54) is 18.1 Å². The number of carboxylic acid groups (broad SMARTS) is 1. The summed E-state index contributed by atoms with van der Waals surface area (Å²) in [5, 5.41) is 12.9. The lowest BCUT2D eigenvalue weighted by molar-refractivity contribution is 0.174. The number of carbonyl (C=O) groups is 1. The van der Waals surface area contributed by atoms with E-state index in [0.29, 0.717) is 52.5 Å². The van der Waals surface area contributed by atoms with Gasteiger partial charge in [0.2, 0.25) is 6.79 Å². The summed E-state index contributed by atoms with van der Waals surface area (Å²) in [5.41, 5.74) is 7.25. The molecular formula is C21H23BrN6O4S2. The Morgan fingerprint density at radius 3 is 2.85 bits per heavy atom. The number of halogens is 1. The van der Waals surface area contributed by atoms with E-state index in [-0.39, 0.29) is 12.8 Å². The van der Waals surface area contributed by atoms with Crippen LogP contribution in [0.5, 0.6) is 11.5 Å². The zero-order valence-corrected chi connectivity index (χ0v) is 21.3. The van der Waals surface area contributed by atoms with Crippen molar-refractivity contribution in [2.45, 2.75) is 41.9 Å². The molecule has 0 bridgehead atoms. The number of ether oxygens (including phenoxy) is 2. The summed E-state index contributed by atoms with van der Waals surface area (Å²) in [6, 6.07) is 3.63. The van der Waals surface area contributed by atoms with E-state index in [0.717, 1.165) is 33.7 Å². The van der Waals surface area contributed by atoms with Crippen molar-refractivity contribution in [2.24, 2.45) is 5.92 Å². The van der Waals surface area contributed by atoms with Crippen molar-refractivity contribution >= 4 is 62.5 Å². The highest BCUT2D eigenvalue weighted by atomic mass is 79.9. The van der Waals surface area contributed by atoms with Gasteiger partial charge in [-0.15, -0.1) is 0 Å². The molecule has 0 aliphatic carbocycles. The van der Waals surface area contributed by atoms with Crippen molar-refractivity contribution in [3.63, 3.8) is 0 Å². The van der Waals surface area contributed by atoms with Gasteiger partial charge in [0.05, 0.1) is 0 Å².